The van der Waals surface area contributed by atoms with E-state index in [1.807, 2.05) is 13.0 Å². The highest BCUT2D eigenvalue weighted by Crippen LogP contribution is 2.13. The number of nitrogens with one attached hydrogen (secondary N) is 1. The number of aliphatic hydroxyl groups is 1. The lowest BCUT2D eigenvalue weighted by molar-refractivity contribution is 0.0145. The van der Waals surface area contributed by atoms with Crippen LogP contribution in [0.3, 0.4) is 0 Å². The smallest absolute Gasteiger partial charge is 0.123 e. The van der Waals surface area contributed by atoms with E-state index in [1.165, 1.54) is 12.1 Å². The van der Waals surface area contributed by atoms with Gasteiger partial charge in [-0.25, -0.2) is 4.39 Å². The second kappa shape index (κ2) is 7.69. The van der Waals surface area contributed by atoms with Crippen LogP contribution in [-0.4, -0.2) is 55.5 Å². The number of ether oxygens (including phenoxy) is 1. The average molecular weight is 282 g/mol. The van der Waals surface area contributed by atoms with Gasteiger partial charge in [0.15, 0.2) is 0 Å². The third-order valence-electron chi connectivity index (χ3n) is 3.58. The monoisotopic (exact) mass is 282 g/mol. The Morgan fingerprint density at radius 2 is 2.15 bits per heavy atom. The molecule has 0 amide bonds. The minimum Gasteiger partial charge on any atom is -0.390 e. The van der Waals surface area contributed by atoms with E-state index in [-0.39, 0.29) is 11.9 Å². The zero-order valence-electron chi connectivity index (χ0n) is 11.9. The molecule has 0 radical (unpaired) electrons. The Labute approximate surface area is 119 Å². The second-order valence-corrected chi connectivity index (χ2v) is 5.25. The molecule has 0 spiro atoms. The van der Waals surface area contributed by atoms with Crippen molar-refractivity contribution in [2.24, 2.45) is 0 Å². The van der Waals surface area contributed by atoms with Gasteiger partial charge in [0.1, 0.15) is 5.82 Å². The fourth-order valence-corrected chi connectivity index (χ4v) is 2.35. The summed E-state index contributed by atoms with van der Waals surface area (Å²) < 4.78 is 18.4. The van der Waals surface area contributed by atoms with Gasteiger partial charge < -0.3 is 15.2 Å². The zero-order chi connectivity index (χ0) is 14.4. The minimum absolute atomic E-state index is 0.0186. The number of morpholine rings is 1. The van der Waals surface area contributed by atoms with Crippen molar-refractivity contribution in [1.82, 2.24) is 10.2 Å². The highest BCUT2D eigenvalue weighted by molar-refractivity contribution is 5.19. The molecule has 2 rings (SSSR count). The van der Waals surface area contributed by atoms with E-state index in [4.69, 9.17) is 4.74 Å². The fraction of sp³-hybridized carbons (Fsp3) is 0.600. The van der Waals surface area contributed by atoms with Gasteiger partial charge >= 0.3 is 0 Å². The van der Waals surface area contributed by atoms with Gasteiger partial charge in [-0.2, -0.15) is 0 Å². The summed E-state index contributed by atoms with van der Waals surface area (Å²) in [6, 6.07) is 6.56. The zero-order valence-corrected chi connectivity index (χ0v) is 11.9. The normalized spacial score (nSPS) is 19.8. The van der Waals surface area contributed by atoms with Gasteiger partial charge in [0, 0.05) is 32.2 Å². The summed E-state index contributed by atoms with van der Waals surface area (Å²) in [6.07, 6.45) is -0.427. The van der Waals surface area contributed by atoms with Crippen LogP contribution in [0, 0.1) is 5.82 Å². The molecule has 1 aromatic carbocycles. The first-order valence-electron chi connectivity index (χ1n) is 7.12. The molecule has 0 aliphatic carbocycles. The van der Waals surface area contributed by atoms with E-state index in [0.717, 1.165) is 31.9 Å². The lowest BCUT2D eigenvalue weighted by Gasteiger charge is -2.29. The molecule has 1 fully saturated rings. The number of β-amino-alcohol motifs (C(OH)–C–C–N with tert-alkyl or cyclic N) is 1. The van der Waals surface area contributed by atoms with E-state index < -0.39 is 6.10 Å². The molecule has 2 unspecified atom stereocenters. The molecule has 5 heteroatoms. The van der Waals surface area contributed by atoms with Crippen LogP contribution < -0.4 is 5.32 Å². The van der Waals surface area contributed by atoms with Crippen LogP contribution in [0.2, 0.25) is 0 Å². The predicted octanol–water partition coefficient (Wildman–Crippen LogP) is 1.17. The fourth-order valence-electron chi connectivity index (χ4n) is 2.35. The van der Waals surface area contributed by atoms with Crippen LogP contribution >= 0.6 is 0 Å². The van der Waals surface area contributed by atoms with Crippen molar-refractivity contribution >= 4 is 0 Å². The van der Waals surface area contributed by atoms with Crippen LogP contribution in [0.25, 0.3) is 0 Å². The molecule has 1 aromatic rings. The molecule has 0 aromatic heterocycles. The van der Waals surface area contributed by atoms with Crippen LogP contribution in [-0.2, 0) is 4.74 Å². The Morgan fingerprint density at radius 3 is 2.85 bits per heavy atom. The third kappa shape index (κ3) is 4.83. The van der Waals surface area contributed by atoms with Gasteiger partial charge in [-0.05, 0) is 24.6 Å². The van der Waals surface area contributed by atoms with E-state index in [2.05, 4.69) is 10.2 Å². The maximum Gasteiger partial charge on any atom is 0.123 e. The molecule has 1 saturated heterocycles. The van der Waals surface area contributed by atoms with Crippen molar-refractivity contribution in [3.63, 3.8) is 0 Å². The molecule has 2 atom stereocenters. The van der Waals surface area contributed by atoms with Crippen molar-refractivity contribution in [3.05, 3.63) is 35.6 Å². The standard InChI is InChI=1S/C15H23FN2O2/c1-12(13-3-2-4-14(16)9-13)17-10-15(19)11-18-5-7-20-8-6-18/h2-4,9,12,15,17,19H,5-8,10-11H2,1H3. The second-order valence-electron chi connectivity index (χ2n) is 5.25. The summed E-state index contributed by atoms with van der Waals surface area (Å²) >= 11 is 0. The summed E-state index contributed by atoms with van der Waals surface area (Å²) in [5.41, 5.74) is 0.892. The number of hydrogen-bond donors (Lipinski definition) is 2. The topological polar surface area (TPSA) is 44.7 Å². The number of nitrogens with zero attached hydrogens (tertiary/aromatic N) is 1. The molecular formula is C15H23FN2O2. The molecule has 2 N–H and O–H groups in total. The molecule has 4 nitrogen and oxygen atoms in total. The number of aliphatic hydroxyl groups excluding tert-OH is 1. The number of halogens is 1. The lowest BCUT2D eigenvalue weighted by atomic mass is 10.1. The summed E-state index contributed by atoms with van der Waals surface area (Å²) in [7, 11) is 0. The van der Waals surface area contributed by atoms with Crippen molar-refractivity contribution in [3.8, 4) is 0 Å². The molecule has 1 aliphatic heterocycles. The summed E-state index contributed by atoms with van der Waals surface area (Å²) in [5.74, 6) is -0.231. The largest absolute Gasteiger partial charge is 0.390 e. The first-order chi connectivity index (χ1) is 9.65. The lowest BCUT2D eigenvalue weighted by Crippen LogP contribution is -2.44. The van der Waals surface area contributed by atoms with Crippen LogP contribution in [0.5, 0.6) is 0 Å². The van der Waals surface area contributed by atoms with Gasteiger partial charge in [-0.1, -0.05) is 12.1 Å². The van der Waals surface area contributed by atoms with Crippen molar-refractivity contribution in [1.29, 1.82) is 0 Å². The maximum absolute atomic E-state index is 13.1. The van der Waals surface area contributed by atoms with Crippen molar-refractivity contribution < 1.29 is 14.2 Å². The number of rotatable bonds is 6. The van der Waals surface area contributed by atoms with E-state index in [1.54, 1.807) is 6.07 Å². The number of benzene rings is 1. The predicted molar refractivity (Wildman–Crippen MR) is 76.1 cm³/mol. The maximum atomic E-state index is 13.1. The van der Waals surface area contributed by atoms with Crippen LogP contribution in [0.4, 0.5) is 4.39 Å². The Bertz CT molecular complexity index is 411. The minimum atomic E-state index is -0.427. The first kappa shape index (κ1) is 15.4. The van der Waals surface area contributed by atoms with E-state index in [0.29, 0.717) is 13.1 Å². The molecule has 20 heavy (non-hydrogen) atoms. The highest BCUT2D eigenvalue weighted by atomic mass is 19.1. The molecule has 1 heterocycles. The van der Waals surface area contributed by atoms with Gasteiger partial charge in [-0.3, -0.25) is 4.90 Å². The highest BCUT2D eigenvalue weighted by Gasteiger charge is 2.15. The molecule has 0 bridgehead atoms. The molecule has 112 valence electrons. The Balaban J connectivity index is 1.73. The SMILES string of the molecule is CC(NCC(O)CN1CCOCC1)c1cccc(F)c1. The average Bonchev–Trinajstić information content (AvgIpc) is 2.46. The van der Waals surface area contributed by atoms with Gasteiger partial charge in [0.2, 0.25) is 0 Å². The van der Waals surface area contributed by atoms with Crippen molar-refractivity contribution in [2.75, 3.05) is 39.4 Å². The van der Waals surface area contributed by atoms with E-state index in [9.17, 15) is 9.50 Å². The summed E-state index contributed by atoms with van der Waals surface area (Å²) in [4.78, 5) is 2.20. The van der Waals surface area contributed by atoms with Gasteiger partial charge in [0.05, 0.1) is 19.3 Å². The van der Waals surface area contributed by atoms with Crippen molar-refractivity contribution in [2.45, 2.75) is 19.1 Å². The van der Waals surface area contributed by atoms with Crippen LogP contribution in [0.1, 0.15) is 18.5 Å². The molecule has 0 saturated carbocycles. The summed E-state index contributed by atoms with van der Waals surface area (Å²) in [5, 5.41) is 13.3. The van der Waals surface area contributed by atoms with Gasteiger partial charge in [-0.15, -0.1) is 0 Å². The number of hydrogen-bond acceptors (Lipinski definition) is 4. The van der Waals surface area contributed by atoms with Crippen LogP contribution in [0.15, 0.2) is 24.3 Å². The first-order valence-corrected chi connectivity index (χ1v) is 7.12. The Morgan fingerprint density at radius 1 is 1.40 bits per heavy atom. The third-order valence-corrected chi connectivity index (χ3v) is 3.58. The van der Waals surface area contributed by atoms with E-state index >= 15 is 0 Å². The summed E-state index contributed by atoms with van der Waals surface area (Å²) in [6.45, 7) is 6.32. The Kier molecular flexibility index (Phi) is 5.91. The van der Waals surface area contributed by atoms with Gasteiger partial charge in [0.25, 0.3) is 0 Å². The quantitative estimate of drug-likeness (QED) is 0.822. The molecular weight excluding hydrogens is 259 g/mol. The molecule has 1 aliphatic rings. The Hall–Kier alpha value is -1.01.